The Bertz CT molecular complexity index is 501. The van der Waals surface area contributed by atoms with E-state index in [1.807, 2.05) is 0 Å². The Labute approximate surface area is 112 Å². The molecule has 5 heteroatoms. The van der Waals surface area contributed by atoms with Gasteiger partial charge in [0.2, 0.25) is 0 Å². The number of aromatic carboxylic acids is 1. The molecular weight excluding hydrogens is 244 g/mol. The second-order valence-electron chi connectivity index (χ2n) is 5.20. The molecule has 2 atom stereocenters. The van der Waals surface area contributed by atoms with E-state index in [1.165, 1.54) is 18.3 Å². The van der Waals surface area contributed by atoms with E-state index in [2.05, 4.69) is 18.8 Å². The Balaban J connectivity index is 2.23. The molecule has 1 amide bonds. The summed E-state index contributed by atoms with van der Waals surface area (Å²) in [5.41, 5.74) is 0.00975. The fourth-order valence-corrected chi connectivity index (χ4v) is 2.35. The molecule has 1 aliphatic rings. The predicted molar refractivity (Wildman–Crippen MR) is 70.0 cm³/mol. The monoisotopic (exact) mass is 262 g/mol. The number of aromatic nitrogens is 1. The van der Waals surface area contributed by atoms with Crippen molar-refractivity contribution in [2.45, 2.75) is 20.3 Å². The van der Waals surface area contributed by atoms with Crippen LogP contribution in [0.4, 0.5) is 0 Å². The highest BCUT2D eigenvalue weighted by Crippen LogP contribution is 2.23. The summed E-state index contributed by atoms with van der Waals surface area (Å²) in [6.45, 7) is 5.62. The van der Waals surface area contributed by atoms with Crippen molar-refractivity contribution in [3.8, 4) is 0 Å². The number of carboxylic acids is 1. The Morgan fingerprint density at radius 3 is 2.74 bits per heavy atom. The molecule has 1 saturated heterocycles. The van der Waals surface area contributed by atoms with Crippen molar-refractivity contribution in [2.24, 2.45) is 11.8 Å². The highest BCUT2D eigenvalue weighted by molar-refractivity contribution is 6.03. The van der Waals surface area contributed by atoms with Crippen molar-refractivity contribution < 1.29 is 14.7 Å². The van der Waals surface area contributed by atoms with E-state index >= 15 is 0 Å². The molecule has 1 aromatic rings. The summed E-state index contributed by atoms with van der Waals surface area (Å²) in [4.78, 5) is 29.1. The molecule has 1 fully saturated rings. The number of amides is 1. The first-order chi connectivity index (χ1) is 9.00. The normalized spacial score (nSPS) is 23.2. The minimum atomic E-state index is -1.12. The topological polar surface area (TPSA) is 70.5 Å². The van der Waals surface area contributed by atoms with E-state index in [4.69, 9.17) is 5.11 Å². The van der Waals surface area contributed by atoms with Crippen LogP contribution < -0.4 is 0 Å². The maximum Gasteiger partial charge on any atom is 0.338 e. The number of hydrogen-bond donors (Lipinski definition) is 1. The molecule has 1 aromatic heterocycles. The number of likely N-dealkylation sites (tertiary alicyclic amines) is 1. The number of carbonyl (C=O) groups is 2. The summed E-state index contributed by atoms with van der Waals surface area (Å²) in [6, 6.07) is 2.94. The van der Waals surface area contributed by atoms with Gasteiger partial charge >= 0.3 is 5.97 Å². The maximum absolute atomic E-state index is 12.4. The molecule has 1 aliphatic heterocycles. The molecule has 2 heterocycles. The Morgan fingerprint density at radius 2 is 2.11 bits per heavy atom. The van der Waals surface area contributed by atoms with E-state index in [0.717, 1.165) is 6.42 Å². The fraction of sp³-hybridized carbons (Fsp3) is 0.500. The molecule has 102 valence electrons. The average Bonchev–Trinajstić information content (AvgIpc) is 2.41. The largest absolute Gasteiger partial charge is 0.478 e. The first-order valence-electron chi connectivity index (χ1n) is 6.48. The van der Waals surface area contributed by atoms with Crippen LogP contribution in [0.1, 0.15) is 41.1 Å². The van der Waals surface area contributed by atoms with E-state index in [0.29, 0.717) is 24.9 Å². The minimum Gasteiger partial charge on any atom is -0.478 e. The van der Waals surface area contributed by atoms with Gasteiger partial charge in [0.25, 0.3) is 5.91 Å². The van der Waals surface area contributed by atoms with Crippen molar-refractivity contribution in [3.05, 3.63) is 29.6 Å². The highest BCUT2D eigenvalue weighted by Gasteiger charge is 2.29. The number of rotatable bonds is 2. The van der Waals surface area contributed by atoms with Gasteiger partial charge < -0.3 is 10.0 Å². The van der Waals surface area contributed by atoms with Crippen molar-refractivity contribution >= 4 is 11.9 Å². The smallest absolute Gasteiger partial charge is 0.338 e. The van der Waals surface area contributed by atoms with Crippen LogP contribution in [-0.4, -0.2) is 40.0 Å². The second kappa shape index (κ2) is 5.38. The fourth-order valence-electron chi connectivity index (χ4n) is 2.35. The Morgan fingerprint density at radius 1 is 1.37 bits per heavy atom. The van der Waals surface area contributed by atoms with Gasteiger partial charge in [-0.05, 0) is 30.4 Å². The molecule has 0 bridgehead atoms. The lowest BCUT2D eigenvalue weighted by Gasteiger charge is -2.35. The van der Waals surface area contributed by atoms with Gasteiger partial charge in [-0.15, -0.1) is 0 Å². The summed E-state index contributed by atoms with van der Waals surface area (Å²) in [5, 5.41) is 9.10. The Kier molecular flexibility index (Phi) is 3.83. The van der Waals surface area contributed by atoms with Gasteiger partial charge in [0, 0.05) is 19.3 Å². The highest BCUT2D eigenvalue weighted by atomic mass is 16.4. The zero-order valence-electron chi connectivity index (χ0n) is 11.2. The molecule has 2 rings (SSSR count). The van der Waals surface area contributed by atoms with Crippen molar-refractivity contribution in [1.29, 1.82) is 0 Å². The maximum atomic E-state index is 12.4. The Hall–Kier alpha value is -1.91. The number of piperidine rings is 1. The van der Waals surface area contributed by atoms with Crippen LogP contribution in [0.2, 0.25) is 0 Å². The first kappa shape index (κ1) is 13.5. The SMILES string of the molecule is CC1CCN(C(=O)c2ncccc2C(=O)O)CC1C. The van der Waals surface area contributed by atoms with Gasteiger partial charge in [-0.1, -0.05) is 13.8 Å². The third kappa shape index (κ3) is 2.75. The molecule has 2 unspecified atom stereocenters. The van der Waals surface area contributed by atoms with Crippen molar-refractivity contribution in [2.75, 3.05) is 13.1 Å². The second-order valence-corrected chi connectivity index (χ2v) is 5.20. The van der Waals surface area contributed by atoms with Crippen LogP contribution >= 0.6 is 0 Å². The first-order valence-corrected chi connectivity index (χ1v) is 6.48. The molecular formula is C14H18N2O3. The van der Waals surface area contributed by atoms with Crippen LogP contribution in [0.5, 0.6) is 0 Å². The molecule has 0 spiro atoms. The quantitative estimate of drug-likeness (QED) is 0.883. The number of carbonyl (C=O) groups excluding carboxylic acids is 1. The predicted octanol–water partition coefficient (Wildman–Crippen LogP) is 1.90. The lowest BCUT2D eigenvalue weighted by Crippen LogP contribution is -2.43. The van der Waals surface area contributed by atoms with E-state index in [1.54, 1.807) is 4.90 Å². The van der Waals surface area contributed by atoms with Crippen LogP contribution in [0.3, 0.4) is 0 Å². The van der Waals surface area contributed by atoms with Gasteiger partial charge in [-0.25, -0.2) is 4.79 Å². The van der Waals surface area contributed by atoms with Crippen LogP contribution in [-0.2, 0) is 0 Å². The average molecular weight is 262 g/mol. The van der Waals surface area contributed by atoms with Crippen molar-refractivity contribution in [1.82, 2.24) is 9.88 Å². The van der Waals surface area contributed by atoms with Gasteiger partial charge in [-0.3, -0.25) is 9.78 Å². The van der Waals surface area contributed by atoms with Crippen LogP contribution in [0.15, 0.2) is 18.3 Å². The van der Waals surface area contributed by atoms with E-state index in [-0.39, 0.29) is 17.2 Å². The lowest BCUT2D eigenvalue weighted by molar-refractivity contribution is 0.0601. The molecule has 0 aliphatic carbocycles. The summed E-state index contributed by atoms with van der Waals surface area (Å²) in [7, 11) is 0. The summed E-state index contributed by atoms with van der Waals surface area (Å²) >= 11 is 0. The zero-order valence-corrected chi connectivity index (χ0v) is 11.2. The molecule has 0 aromatic carbocycles. The van der Waals surface area contributed by atoms with E-state index in [9.17, 15) is 9.59 Å². The minimum absolute atomic E-state index is 0.0289. The van der Waals surface area contributed by atoms with Crippen molar-refractivity contribution in [3.63, 3.8) is 0 Å². The molecule has 0 saturated carbocycles. The lowest BCUT2D eigenvalue weighted by atomic mass is 9.88. The zero-order chi connectivity index (χ0) is 14.0. The third-order valence-electron chi connectivity index (χ3n) is 3.86. The number of pyridine rings is 1. The molecule has 0 radical (unpaired) electrons. The van der Waals surface area contributed by atoms with Gasteiger partial charge in [0.1, 0.15) is 5.69 Å². The third-order valence-corrected chi connectivity index (χ3v) is 3.86. The van der Waals surface area contributed by atoms with Gasteiger partial charge in [0.05, 0.1) is 5.56 Å². The number of carboxylic acid groups (broad SMARTS) is 1. The van der Waals surface area contributed by atoms with Gasteiger partial charge in [0.15, 0.2) is 0 Å². The standard InChI is InChI=1S/C14H18N2O3/c1-9-5-7-16(8-10(9)2)13(17)12-11(14(18)19)4-3-6-15-12/h3-4,6,9-10H,5,7-8H2,1-2H3,(H,18,19). The summed E-state index contributed by atoms with van der Waals surface area (Å²) in [6.07, 6.45) is 2.40. The molecule has 1 N–H and O–H groups in total. The molecule has 19 heavy (non-hydrogen) atoms. The van der Waals surface area contributed by atoms with Crippen LogP contribution in [0, 0.1) is 11.8 Å². The number of hydrogen-bond acceptors (Lipinski definition) is 3. The van der Waals surface area contributed by atoms with E-state index < -0.39 is 5.97 Å². The number of nitrogens with zero attached hydrogens (tertiary/aromatic N) is 2. The molecule has 5 nitrogen and oxygen atoms in total. The summed E-state index contributed by atoms with van der Waals surface area (Å²) < 4.78 is 0. The summed E-state index contributed by atoms with van der Waals surface area (Å²) in [5.74, 6) is -0.381. The van der Waals surface area contributed by atoms with Crippen LogP contribution in [0.25, 0.3) is 0 Å². The van der Waals surface area contributed by atoms with Gasteiger partial charge in [-0.2, -0.15) is 0 Å².